The van der Waals surface area contributed by atoms with Gasteiger partial charge >= 0.3 is 5.97 Å². The second-order valence-corrected chi connectivity index (χ2v) is 4.83. The first-order valence-corrected chi connectivity index (χ1v) is 6.77. The molecule has 2 aromatic rings. The highest BCUT2D eigenvalue weighted by Gasteiger charge is 2.26. The molecule has 3 rings (SSSR count). The molecule has 6 nitrogen and oxygen atoms in total. The molecule has 0 fully saturated rings. The summed E-state index contributed by atoms with van der Waals surface area (Å²) in [4.78, 5) is 15.8. The summed E-state index contributed by atoms with van der Waals surface area (Å²) in [5.74, 6) is -2.19. The summed E-state index contributed by atoms with van der Waals surface area (Å²) in [5.41, 5.74) is 4.39. The number of hydrogen-bond donors (Lipinski definition) is 1. The number of pyridine rings is 1. The number of halogens is 2. The Hall–Kier alpha value is -3.16. The van der Waals surface area contributed by atoms with Gasteiger partial charge in [-0.1, -0.05) is 12.7 Å². The van der Waals surface area contributed by atoms with Gasteiger partial charge in [-0.25, -0.2) is 18.6 Å². The van der Waals surface area contributed by atoms with Gasteiger partial charge in [0.2, 0.25) is 6.79 Å². The van der Waals surface area contributed by atoms with Crippen LogP contribution in [0.25, 0.3) is 17.3 Å². The molecule has 124 valence electrons. The Morgan fingerprint density at radius 1 is 1.38 bits per heavy atom. The third-order valence-corrected chi connectivity index (χ3v) is 3.51. The van der Waals surface area contributed by atoms with E-state index in [4.69, 9.17) is 15.2 Å². The van der Waals surface area contributed by atoms with Gasteiger partial charge < -0.3 is 19.9 Å². The highest BCUT2D eigenvalue weighted by Crippen LogP contribution is 2.39. The first-order chi connectivity index (χ1) is 11.5. The van der Waals surface area contributed by atoms with Gasteiger partial charge in [0, 0.05) is 17.2 Å². The number of hydrogen-bond acceptors (Lipinski definition) is 6. The molecule has 0 saturated heterocycles. The lowest BCUT2D eigenvalue weighted by atomic mass is 10.0. The van der Waals surface area contributed by atoms with Crippen molar-refractivity contribution in [3.63, 3.8) is 0 Å². The molecule has 0 atom stereocenters. The normalized spacial score (nSPS) is 12.1. The molecule has 1 aromatic carbocycles. The van der Waals surface area contributed by atoms with Gasteiger partial charge in [-0.05, 0) is 6.07 Å². The van der Waals surface area contributed by atoms with Crippen LogP contribution in [0, 0.1) is 11.6 Å². The van der Waals surface area contributed by atoms with Crippen molar-refractivity contribution in [3.8, 4) is 22.8 Å². The van der Waals surface area contributed by atoms with E-state index in [-0.39, 0.29) is 40.8 Å². The highest BCUT2D eigenvalue weighted by atomic mass is 19.1. The van der Waals surface area contributed by atoms with Crippen molar-refractivity contribution in [1.29, 1.82) is 0 Å². The zero-order valence-electron chi connectivity index (χ0n) is 12.6. The van der Waals surface area contributed by atoms with Crippen molar-refractivity contribution in [1.82, 2.24) is 4.98 Å². The van der Waals surface area contributed by atoms with Crippen LogP contribution in [0.5, 0.6) is 11.5 Å². The van der Waals surface area contributed by atoms with Crippen molar-refractivity contribution in [2.75, 3.05) is 19.6 Å². The maximum absolute atomic E-state index is 14.6. The molecular formula is C16H12F2N2O4. The molecule has 2 heterocycles. The lowest BCUT2D eigenvalue weighted by Gasteiger charge is -2.13. The summed E-state index contributed by atoms with van der Waals surface area (Å²) in [6, 6.07) is 2.28. The second kappa shape index (κ2) is 5.80. The van der Waals surface area contributed by atoms with Crippen LogP contribution in [-0.2, 0) is 4.74 Å². The van der Waals surface area contributed by atoms with Gasteiger partial charge in [-0.3, -0.25) is 0 Å². The average molecular weight is 334 g/mol. The lowest BCUT2D eigenvalue weighted by Crippen LogP contribution is -2.12. The number of carbonyl (C=O) groups is 1. The van der Waals surface area contributed by atoms with E-state index < -0.39 is 23.3 Å². The maximum Gasteiger partial charge on any atom is 0.357 e. The zero-order chi connectivity index (χ0) is 17.4. The number of nitrogen functional groups attached to an aromatic ring is 1. The van der Waals surface area contributed by atoms with Crippen molar-refractivity contribution in [3.05, 3.63) is 41.6 Å². The first kappa shape index (κ1) is 15.7. The predicted octanol–water partition coefficient (Wildman–Crippen LogP) is 2.77. The van der Waals surface area contributed by atoms with Gasteiger partial charge in [-0.15, -0.1) is 0 Å². The summed E-state index contributed by atoms with van der Waals surface area (Å²) in [6.07, 6.45) is 1.18. The number of aromatic nitrogens is 1. The summed E-state index contributed by atoms with van der Waals surface area (Å²) in [7, 11) is 1.14. The number of rotatable bonds is 3. The van der Waals surface area contributed by atoms with Crippen molar-refractivity contribution < 1.29 is 27.8 Å². The van der Waals surface area contributed by atoms with E-state index in [0.717, 1.165) is 13.2 Å². The van der Waals surface area contributed by atoms with Crippen LogP contribution in [-0.4, -0.2) is 24.9 Å². The third kappa shape index (κ3) is 2.32. The lowest BCUT2D eigenvalue weighted by molar-refractivity contribution is 0.0594. The minimum Gasteiger partial charge on any atom is -0.464 e. The molecule has 0 amide bonds. The van der Waals surface area contributed by atoms with Crippen LogP contribution >= 0.6 is 0 Å². The molecule has 0 aliphatic carbocycles. The topological polar surface area (TPSA) is 83.7 Å². The Bertz CT molecular complexity index is 868. The molecular weight excluding hydrogens is 322 g/mol. The molecule has 0 radical (unpaired) electrons. The SMILES string of the molecule is C=Cc1c(C(=O)OC)nc(-c2cc3c(cc2F)OCO3)c(F)c1N. The monoisotopic (exact) mass is 334 g/mol. The van der Waals surface area contributed by atoms with Crippen molar-refractivity contribution >= 4 is 17.7 Å². The maximum atomic E-state index is 14.6. The number of anilines is 1. The largest absolute Gasteiger partial charge is 0.464 e. The van der Waals surface area contributed by atoms with E-state index >= 15 is 0 Å². The number of nitrogens with two attached hydrogens (primary N) is 1. The van der Waals surface area contributed by atoms with E-state index in [0.29, 0.717) is 0 Å². The number of methoxy groups -OCH3 is 1. The van der Waals surface area contributed by atoms with Crippen LogP contribution < -0.4 is 15.2 Å². The fourth-order valence-electron chi connectivity index (χ4n) is 2.33. The molecule has 0 unspecified atom stereocenters. The van der Waals surface area contributed by atoms with Gasteiger partial charge in [-0.2, -0.15) is 0 Å². The van der Waals surface area contributed by atoms with E-state index in [2.05, 4.69) is 16.3 Å². The molecule has 0 spiro atoms. The minimum absolute atomic E-state index is 0.0238. The van der Waals surface area contributed by atoms with Crippen LogP contribution in [0.15, 0.2) is 18.7 Å². The fraction of sp³-hybridized carbons (Fsp3) is 0.125. The molecule has 0 bridgehead atoms. The van der Waals surface area contributed by atoms with E-state index in [1.807, 2.05) is 0 Å². The quantitative estimate of drug-likeness (QED) is 0.869. The Labute approximate surface area is 135 Å². The van der Waals surface area contributed by atoms with Crippen molar-refractivity contribution in [2.45, 2.75) is 0 Å². The predicted molar refractivity (Wildman–Crippen MR) is 81.6 cm³/mol. The fourth-order valence-corrected chi connectivity index (χ4v) is 2.33. The number of benzene rings is 1. The zero-order valence-corrected chi connectivity index (χ0v) is 12.6. The van der Waals surface area contributed by atoms with E-state index in [1.54, 1.807) is 0 Å². The van der Waals surface area contributed by atoms with E-state index in [1.165, 1.54) is 12.1 Å². The third-order valence-electron chi connectivity index (χ3n) is 3.51. The molecule has 8 heteroatoms. The number of nitrogens with zero attached hydrogens (tertiary/aromatic N) is 1. The van der Waals surface area contributed by atoms with Crippen LogP contribution in [0.3, 0.4) is 0 Å². The van der Waals surface area contributed by atoms with Crippen LogP contribution in [0.1, 0.15) is 16.1 Å². The first-order valence-electron chi connectivity index (χ1n) is 6.77. The van der Waals surface area contributed by atoms with Gasteiger partial charge in [0.25, 0.3) is 0 Å². The Kier molecular flexibility index (Phi) is 3.80. The molecule has 2 N–H and O–H groups in total. The smallest absolute Gasteiger partial charge is 0.357 e. The van der Waals surface area contributed by atoms with Gasteiger partial charge in [0.05, 0.1) is 12.8 Å². The van der Waals surface area contributed by atoms with Gasteiger partial charge in [0.1, 0.15) is 11.5 Å². The van der Waals surface area contributed by atoms with E-state index in [9.17, 15) is 13.6 Å². The summed E-state index contributed by atoms with van der Waals surface area (Å²) < 4.78 is 43.7. The molecule has 1 aliphatic heterocycles. The number of fused-ring (bicyclic) bond motifs is 1. The number of ether oxygens (including phenoxy) is 3. The average Bonchev–Trinajstić information content (AvgIpc) is 3.02. The Morgan fingerprint density at radius 3 is 2.67 bits per heavy atom. The molecule has 1 aromatic heterocycles. The summed E-state index contributed by atoms with van der Waals surface area (Å²) in [5, 5.41) is 0. The summed E-state index contributed by atoms with van der Waals surface area (Å²) >= 11 is 0. The number of carbonyl (C=O) groups excluding carboxylic acids is 1. The number of esters is 1. The molecule has 1 aliphatic rings. The van der Waals surface area contributed by atoms with Crippen LogP contribution in [0.4, 0.5) is 14.5 Å². The Balaban J connectivity index is 2.27. The van der Waals surface area contributed by atoms with Crippen LogP contribution in [0.2, 0.25) is 0 Å². The minimum atomic E-state index is -0.977. The second-order valence-electron chi connectivity index (χ2n) is 4.83. The standard InChI is InChI=1S/C16H12F2N2O4/c1-3-7-13(19)12(18)14(20-15(7)16(21)22-2)8-4-10-11(5-9(8)17)24-6-23-10/h3-5H,1,6H2,2H3,(H2,19,20). The molecule has 0 saturated carbocycles. The summed E-state index contributed by atoms with van der Waals surface area (Å²) in [6.45, 7) is 3.40. The Morgan fingerprint density at radius 2 is 2.04 bits per heavy atom. The van der Waals surface area contributed by atoms with Gasteiger partial charge in [0.15, 0.2) is 23.0 Å². The van der Waals surface area contributed by atoms with Crippen molar-refractivity contribution in [2.24, 2.45) is 0 Å². The molecule has 24 heavy (non-hydrogen) atoms. The highest BCUT2D eigenvalue weighted by molar-refractivity contribution is 5.95.